The molecular weight excluding hydrogens is 220 g/mol. The average Bonchev–Trinajstić information content (AvgIpc) is 2.26. The molecule has 0 saturated carbocycles. The van der Waals surface area contributed by atoms with E-state index in [1.54, 1.807) is 0 Å². The van der Waals surface area contributed by atoms with Crippen molar-refractivity contribution >= 4 is 13.6 Å². The molecule has 0 heterocycles. The Morgan fingerprint density at radius 1 is 1.12 bits per heavy atom. The van der Waals surface area contributed by atoms with Gasteiger partial charge >= 0.3 is 0 Å². The Labute approximate surface area is 107 Å². The maximum absolute atomic E-state index is 3.98. The van der Waals surface area contributed by atoms with Gasteiger partial charge in [0.2, 0.25) is 0 Å². The van der Waals surface area contributed by atoms with Crippen LogP contribution >= 0.6 is 0 Å². The average molecular weight is 244 g/mol. The highest BCUT2D eigenvalue weighted by atomic mass is 28.3. The van der Waals surface area contributed by atoms with Crippen molar-refractivity contribution in [2.75, 3.05) is 0 Å². The summed E-state index contributed by atoms with van der Waals surface area (Å²) in [4.78, 5) is 0. The Morgan fingerprint density at radius 2 is 1.65 bits per heavy atom. The van der Waals surface area contributed by atoms with Crippen LogP contribution in [0, 0.1) is 5.41 Å². The van der Waals surface area contributed by atoms with Gasteiger partial charge in [0.05, 0.1) is 8.07 Å². The number of benzene rings is 1. The summed E-state index contributed by atoms with van der Waals surface area (Å²) in [5.74, 6) is 0. The second-order valence-corrected chi connectivity index (χ2v) is 11.2. The Hall–Kier alpha value is -1.08. The van der Waals surface area contributed by atoms with Gasteiger partial charge in [0.1, 0.15) is 0 Å². The normalized spacial score (nSPS) is 13.6. The second kappa shape index (κ2) is 5.05. The van der Waals surface area contributed by atoms with E-state index in [9.17, 15) is 0 Å². The molecule has 0 nitrogen and oxygen atoms in total. The maximum Gasteiger partial charge on any atom is 0.0691 e. The first-order valence-corrected chi connectivity index (χ1v) is 9.76. The molecule has 1 aromatic rings. The molecule has 92 valence electrons. The molecule has 0 bridgehead atoms. The smallest absolute Gasteiger partial charge is 0.0691 e. The third-order valence-electron chi connectivity index (χ3n) is 2.87. The highest BCUT2D eigenvalue weighted by Crippen LogP contribution is 2.36. The molecule has 0 aromatic heterocycles. The molecule has 0 unspecified atom stereocenters. The van der Waals surface area contributed by atoms with E-state index in [0.717, 1.165) is 0 Å². The van der Waals surface area contributed by atoms with Crippen molar-refractivity contribution in [1.82, 2.24) is 0 Å². The van der Waals surface area contributed by atoms with E-state index in [0.29, 0.717) is 0 Å². The standard InChI is InChI=1S/C16H24Si/c1-7-16(2,3)15(13-17(4,5)6)14-11-9-8-10-12-14/h7-13H,1H2,2-6H3/b15-13+. The quantitative estimate of drug-likeness (QED) is 0.507. The number of allylic oxidation sites excluding steroid dienone is 2. The van der Waals surface area contributed by atoms with Crippen molar-refractivity contribution in [2.24, 2.45) is 5.41 Å². The van der Waals surface area contributed by atoms with E-state index >= 15 is 0 Å². The van der Waals surface area contributed by atoms with Crippen LogP contribution in [-0.2, 0) is 0 Å². The predicted octanol–water partition coefficient (Wildman–Crippen LogP) is 5.16. The molecular formula is C16H24Si. The molecule has 0 aliphatic carbocycles. The molecule has 1 rings (SSSR count). The minimum Gasteiger partial charge on any atom is -0.102 e. The van der Waals surface area contributed by atoms with Gasteiger partial charge in [-0.1, -0.05) is 75.6 Å². The Balaban J connectivity index is 3.32. The number of rotatable bonds is 4. The van der Waals surface area contributed by atoms with Gasteiger partial charge in [0.15, 0.2) is 0 Å². The highest BCUT2D eigenvalue weighted by Gasteiger charge is 2.23. The molecule has 1 aromatic carbocycles. The van der Waals surface area contributed by atoms with Gasteiger partial charge in [-0.2, -0.15) is 0 Å². The van der Waals surface area contributed by atoms with E-state index in [2.05, 4.69) is 76.1 Å². The van der Waals surface area contributed by atoms with Gasteiger partial charge in [0, 0.05) is 5.41 Å². The summed E-state index contributed by atoms with van der Waals surface area (Å²) >= 11 is 0. The second-order valence-electron chi connectivity index (χ2n) is 6.22. The topological polar surface area (TPSA) is 0 Å². The summed E-state index contributed by atoms with van der Waals surface area (Å²) in [5.41, 5.74) is 5.25. The zero-order chi connectivity index (χ0) is 13.1. The van der Waals surface area contributed by atoms with Crippen LogP contribution in [0.5, 0.6) is 0 Å². The SMILES string of the molecule is C=CC(C)(C)/C(=C/[Si](C)(C)C)c1ccccc1. The summed E-state index contributed by atoms with van der Waals surface area (Å²) in [7, 11) is -1.24. The molecule has 0 spiro atoms. The molecule has 1 heteroatoms. The molecule has 17 heavy (non-hydrogen) atoms. The maximum atomic E-state index is 3.98. The lowest BCUT2D eigenvalue weighted by Crippen LogP contribution is -2.21. The first-order chi connectivity index (χ1) is 7.76. The van der Waals surface area contributed by atoms with Gasteiger partial charge in [0.25, 0.3) is 0 Å². The fraction of sp³-hybridized carbons (Fsp3) is 0.375. The Morgan fingerprint density at radius 3 is 2.06 bits per heavy atom. The predicted molar refractivity (Wildman–Crippen MR) is 81.7 cm³/mol. The number of hydrogen-bond donors (Lipinski definition) is 0. The molecule has 0 fully saturated rings. The minimum atomic E-state index is -1.24. The molecule has 0 saturated heterocycles. The zero-order valence-corrected chi connectivity index (χ0v) is 12.7. The largest absolute Gasteiger partial charge is 0.102 e. The van der Waals surface area contributed by atoms with Crippen LogP contribution in [0.15, 0.2) is 48.7 Å². The van der Waals surface area contributed by atoms with Gasteiger partial charge in [-0.25, -0.2) is 0 Å². The molecule has 0 amide bonds. The van der Waals surface area contributed by atoms with E-state index in [1.165, 1.54) is 11.1 Å². The third-order valence-corrected chi connectivity index (χ3v) is 4.02. The van der Waals surface area contributed by atoms with Crippen molar-refractivity contribution < 1.29 is 0 Å². The van der Waals surface area contributed by atoms with Crippen molar-refractivity contribution in [1.29, 1.82) is 0 Å². The minimum absolute atomic E-state index is 0.0294. The summed E-state index contributed by atoms with van der Waals surface area (Å²) in [6, 6.07) is 10.7. The lowest BCUT2D eigenvalue weighted by atomic mass is 9.81. The lowest BCUT2D eigenvalue weighted by molar-refractivity contribution is 0.652. The summed E-state index contributed by atoms with van der Waals surface area (Å²) < 4.78 is 0. The van der Waals surface area contributed by atoms with Crippen molar-refractivity contribution in [3.63, 3.8) is 0 Å². The monoisotopic (exact) mass is 244 g/mol. The van der Waals surface area contributed by atoms with Gasteiger partial charge in [-0.05, 0) is 11.1 Å². The fourth-order valence-corrected chi connectivity index (χ4v) is 3.21. The van der Waals surface area contributed by atoms with E-state index in [1.807, 2.05) is 6.08 Å². The van der Waals surface area contributed by atoms with E-state index in [4.69, 9.17) is 0 Å². The Bertz CT molecular complexity index is 405. The first kappa shape index (κ1) is 14.0. The van der Waals surface area contributed by atoms with Crippen LogP contribution in [0.25, 0.3) is 5.57 Å². The van der Waals surface area contributed by atoms with Crippen molar-refractivity contribution in [2.45, 2.75) is 33.5 Å². The van der Waals surface area contributed by atoms with Gasteiger partial charge in [-0.3, -0.25) is 0 Å². The first-order valence-electron chi connectivity index (χ1n) is 6.18. The molecule has 0 radical (unpaired) electrons. The molecule has 0 aliphatic heterocycles. The van der Waals surface area contributed by atoms with Gasteiger partial charge in [-0.15, -0.1) is 6.58 Å². The summed E-state index contributed by atoms with van der Waals surface area (Å²) in [6.07, 6.45) is 2.05. The third kappa shape index (κ3) is 4.01. The number of hydrogen-bond acceptors (Lipinski definition) is 0. The zero-order valence-electron chi connectivity index (χ0n) is 11.7. The summed E-state index contributed by atoms with van der Waals surface area (Å²) in [6.45, 7) is 15.6. The Kier molecular flexibility index (Phi) is 4.15. The molecule has 0 aliphatic rings. The van der Waals surface area contributed by atoms with Crippen LogP contribution in [0.2, 0.25) is 19.6 Å². The molecule has 0 atom stereocenters. The van der Waals surface area contributed by atoms with Crippen LogP contribution in [-0.4, -0.2) is 8.07 Å². The van der Waals surface area contributed by atoms with Crippen molar-refractivity contribution in [3.05, 3.63) is 54.2 Å². The van der Waals surface area contributed by atoms with Crippen LogP contribution < -0.4 is 0 Å². The lowest BCUT2D eigenvalue weighted by Gasteiger charge is -2.27. The molecule has 0 N–H and O–H groups in total. The summed E-state index contributed by atoms with van der Waals surface area (Å²) in [5, 5.41) is 0. The van der Waals surface area contributed by atoms with Gasteiger partial charge < -0.3 is 0 Å². The van der Waals surface area contributed by atoms with Crippen LogP contribution in [0.1, 0.15) is 19.4 Å². The van der Waals surface area contributed by atoms with E-state index < -0.39 is 8.07 Å². The van der Waals surface area contributed by atoms with Crippen LogP contribution in [0.4, 0.5) is 0 Å². The van der Waals surface area contributed by atoms with E-state index in [-0.39, 0.29) is 5.41 Å². The highest BCUT2D eigenvalue weighted by molar-refractivity contribution is 6.81. The van der Waals surface area contributed by atoms with Crippen molar-refractivity contribution in [3.8, 4) is 0 Å². The fourth-order valence-electron chi connectivity index (χ4n) is 1.80. The van der Waals surface area contributed by atoms with Crippen LogP contribution in [0.3, 0.4) is 0 Å².